The Labute approximate surface area is 128 Å². The number of anilines is 3. The van der Waals surface area contributed by atoms with Crippen molar-refractivity contribution in [3.63, 3.8) is 0 Å². The molecule has 0 saturated heterocycles. The number of rotatable bonds is 0. The van der Waals surface area contributed by atoms with Crippen LogP contribution in [0.15, 0.2) is 60.7 Å². The van der Waals surface area contributed by atoms with Crippen LogP contribution in [-0.2, 0) is 0 Å². The Hall–Kier alpha value is -2.94. The third-order valence-electron chi connectivity index (χ3n) is 4.16. The molecule has 0 saturated carbocycles. The fraction of sp³-hybridized carbons (Fsp3) is 0.0526. The number of nitrogens with zero attached hydrogens (tertiary/aromatic N) is 1. The molecule has 3 heteroatoms. The maximum Gasteiger partial charge on any atom is 0.155 e. The lowest BCUT2D eigenvalue weighted by molar-refractivity contribution is 0.444. The Kier molecular flexibility index (Phi) is 2.15. The number of benzene rings is 3. The Bertz CT molecular complexity index is 917. The van der Waals surface area contributed by atoms with Gasteiger partial charge in [-0.1, -0.05) is 30.3 Å². The molecule has 0 unspecified atom stereocenters. The molecule has 5 rings (SSSR count). The van der Waals surface area contributed by atoms with Crippen LogP contribution in [0.4, 0.5) is 17.1 Å². The van der Waals surface area contributed by atoms with Crippen LogP contribution in [0, 0.1) is 6.92 Å². The van der Waals surface area contributed by atoms with Gasteiger partial charge in [-0.3, -0.25) is 4.90 Å². The minimum atomic E-state index is 0.823. The molecule has 22 heavy (non-hydrogen) atoms. The zero-order valence-corrected chi connectivity index (χ0v) is 12.0. The largest absolute Gasteiger partial charge is 0.453 e. The smallest absolute Gasteiger partial charge is 0.155 e. The van der Waals surface area contributed by atoms with Gasteiger partial charge >= 0.3 is 0 Å². The lowest BCUT2D eigenvalue weighted by atomic mass is 10.1. The SMILES string of the molecule is Cc1cccc2c1Oc1cccc3c1N2c1ccccc1O3. The minimum Gasteiger partial charge on any atom is -0.453 e. The van der Waals surface area contributed by atoms with E-state index >= 15 is 0 Å². The van der Waals surface area contributed by atoms with Crippen LogP contribution in [0.2, 0.25) is 0 Å². The summed E-state index contributed by atoms with van der Waals surface area (Å²) in [6, 6.07) is 20.2. The molecule has 0 atom stereocenters. The van der Waals surface area contributed by atoms with E-state index in [1.165, 1.54) is 0 Å². The molecule has 0 N–H and O–H groups in total. The molecular weight excluding hydrogens is 274 g/mol. The zero-order valence-electron chi connectivity index (χ0n) is 12.0. The van der Waals surface area contributed by atoms with Crippen LogP contribution >= 0.6 is 0 Å². The van der Waals surface area contributed by atoms with Crippen molar-refractivity contribution in [1.29, 1.82) is 0 Å². The summed E-state index contributed by atoms with van der Waals surface area (Å²) in [7, 11) is 0. The van der Waals surface area contributed by atoms with Crippen LogP contribution in [0.25, 0.3) is 0 Å². The summed E-state index contributed by atoms with van der Waals surface area (Å²) in [5.74, 6) is 3.42. The van der Waals surface area contributed by atoms with E-state index in [1.807, 2.05) is 36.4 Å². The molecule has 0 amide bonds. The van der Waals surface area contributed by atoms with Gasteiger partial charge in [0.05, 0.1) is 11.4 Å². The lowest BCUT2D eigenvalue weighted by Crippen LogP contribution is -2.20. The van der Waals surface area contributed by atoms with Gasteiger partial charge in [0.1, 0.15) is 5.69 Å². The Balaban J connectivity index is 1.88. The highest BCUT2D eigenvalue weighted by Gasteiger charge is 2.34. The average Bonchev–Trinajstić information content (AvgIpc) is 2.55. The van der Waals surface area contributed by atoms with Crippen LogP contribution in [0.1, 0.15) is 5.56 Å². The van der Waals surface area contributed by atoms with Gasteiger partial charge in [0.2, 0.25) is 0 Å². The predicted molar refractivity (Wildman–Crippen MR) is 86.0 cm³/mol. The van der Waals surface area contributed by atoms with Gasteiger partial charge in [0.25, 0.3) is 0 Å². The number of hydrogen-bond acceptors (Lipinski definition) is 3. The standard InChI is InChI=1S/C19H13NO2/c1-12-6-4-8-14-19(12)22-17-11-5-10-16-18(17)20(14)13-7-2-3-9-15(13)21-16/h2-11H,1H3. The molecule has 0 aliphatic carbocycles. The molecule has 106 valence electrons. The fourth-order valence-electron chi connectivity index (χ4n) is 3.16. The molecule has 2 aliphatic heterocycles. The van der Waals surface area contributed by atoms with Crippen molar-refractivity contribution in [2.75, 3.05) is 4.90 Å². The molecule has 3 aromatic carbocycles. The molecule has 0 radical (unpaired) electrons. The Morgan fingerprint density at radius 3 is 2.27 bits per heavy atom. The highest BCUT2D eigenvalue weighted by atomic mass is 16.5. The molecule has 0 bridgehead atoms. The second-order valence-corrected chi connectivity index (χ2v) is 5.53. The summed E-state index contributed by atoms with van der Waals surface area (Å²) in [6.45, 7) is 2.07. The van der Waals surface area contributed by atoms with E-state index in [0.717, 1.165) is 45.6 Å². The van der Waals surface area contributed by atoms with E-state index in [1.54, 1.807) is 0 Å². The average molecular weight is 287 g/mol. The minimum absolute atomic E-state index is 0.823. The van der Waals surface area contributed by atoms with Crippen molar-refractivity contribution in [3.8, 4) is 23.0 Å². The van der Waals surface area contributed by atoms with E-state index in [9.17, 15) is 0 Å². The van der Waals surface area contributed by atoms with Crippen molar-refractivity contribution < 1.29 is 9.47 Å². The summed E-state index contributed by atoms with van der Waals surface area (Å²) in [5.41, 5.74) is 4.19. The summed E-state index contributed by atoms with van der Waals surface area (Å²) >= 11 is 0. The van der Waals surface area contributed by atoms with Crippen molar-refractivity contribution in [2.24, 2.45) is 0 Å². The maximum atomic E-state index is 6.15. The summed E-state index contributed by atoms with van der Waals surface area (Å²) < 4.78 is 12.2. The first-order valence-corrected chi connectivity index (χ1v) is 7.30. The van der Waals surface area contributed by atoms with E-state index in [-0.39, 0.29) is 0 Å². The molecule has 0 spiro atoms. The summed E-state index contributed by atoms with van der Waals surface area (Å²) in [5, 5.41) is 0. The van der Waals surface area contributed by atoms with Gasteiger partial charge in [0, 0.05) is 0 Å². The van der Waals surface area contributed by atoms with Gasteiger partial charge in [-0.2, -0.15) is 0 Å². The first kappa shape index (κ1) is 11.7. The van der Waals surface area contributed by atoms with Gasteiger partial charge in [0.15, 0.2) is 23.0 Å². The highest BCUT2D eigenvalue weighted by Crippen LogP contribution is 2.59. The van der Waals surface area contributed by atoms with Crippen molar-refractivity contribution in [3.05, 3.63) is 66.2 Å². The molecule has 3 nitrogen and oxygen atoms in total. The van der Waals surface area contributed by atoms with Crippen LogP contribution in [0.3, 0.4) is 0 Å². The monoisotopic (exact) mass is 287 g/mol. The van der Waals surface area contributed by atoms with Gasteiger partial charge in [-0.05, 0) is 42.8 Å². The predicted octanol–water partition coefficient (Wildman–Crippen LogP) is 5.68. The first-order chi connectivity index (χ1) is 10.8. The summed E-state index contributed by atoms with van der Waals surface area (Å²) in [6.07, 6.45) is 0. The molecular formula is C19H13NO2. The second kappa shape index (κ2) is 4.04. The Morgan fingerprint density at radius 2 is 1.36 bits per heavy atom. The third-order valence-corrected chi connectivity index (χ3v) is 4.16. The molecule has 2 heterocycles. The lowest BCUT2D eigenvalue weighted by Gasteiger charge is -2.38. The fourth-order valence-corrected chi connectivity index (χ4v) is 3.16. The normalized spacial score (nSPS) is 13.4. The molecule has 0 aromatic heterocycles. The van der Waals surface area contributed by atoms with Crippen LogP contribution in [0.5, 0.6) is 23.0 Å². The molecule has 3 aromatic rings. The second-order valence-electron chi connectivity index (χ2n) is 5.53. The van der Waals surface area contributed by atoms with E-state index in [2.05, 4.69) is 36.1 Å². The van der Waals surface area contributed by atoms with Crippen molar-refractivity contribution >= 4 is 17.1 Å². The van der Waals surface area contributed by atoms with E-state index < -0.39 is 0 Å². The summed E-state index contributed by atoms with van der Waals surface area (Å²) in [4.78, 5) is 2.23. The number of aryl methyl sites for hydroxylation is 1. The van der Waals surface area contributed by atoms with Crippen LogP contribution < -0.4 is 14.4 Å². The van der Waals surface area contributed by atoms with Crippen molar-refractivity contribution in [1.82, 2.24) is 0 Å². The van der Waals surface area contributed by atoms with Gasteiger partial charge < -0.3 is 9.47 Å². The maximum absolute atomic E-state index is 6.15. The number of fused-ring (bicyclic) bond motifs is 4. The zero-order chi connectivity index (χ0) is 14.7. The topological polar surface area (TPSA) is 21.7 Å². The van der Waals surface area contributed by atoms with E-state index in [4.69, 9.17) is 9.47 Å². The molecule has 2 aliphatic rings. The highest BCUT2D eigenvalue weighted by molar-refractivity contribution is 5.93. The Morgan fingerprint density at radius 1 is 0.682 bits per heavy atom. The van der Waals surface area contributed by atoms with Crippen LogP contribution in [-0.4, -0.2) is 0 Å². The number of ether oxygens (including phenoxy) is 2. The van der Waals surface area contributed by atoms with Crippen molar-refractivity contribution in [2.45, 2.75) is 6.92 Å². The first-order valence-electron chi connectivity index (χ1n) is 7.30. The van der Waals surface area contributed by atoms with Gasteiger partial charge in [-0.25, -0.2) is 0 Å². The number of hydrogen-bond donors (Lipinski definition) is 0. The van der Waals surface area contributed by atoms with E-state index in [0.29, 0.717) is 0 Å². The van der Waals surface area contributed by atoms with Gasteiger partial charge in [-0.15, -0.1) is 0 Å². The number of para-hydroxylation sites is 4. The third kappa shape index (κ3) is 1.40. The molecule has 0 fully saturated rings. The quantitative estimate of drug-likeness (QED) is 0.366.